The summed E-state index contributed by atoms with van der Waals surface area (Å²) >= 11 is 5.83. The Bertz CT molecular complexity index is 681. The first-order chi connectivity index (χ1) is 9.95. The fourth-order valence-electron chi connectivity index (χ4n) is 2.03. The van der Waals surface area contributed by atoms with Crippen molar-refractivity contribution in [2.45, 2.75) is 19.4 Å². The molecule has 2 rings (SSSR count). The van der Waals surface area contributed by atoms with Gasteiger partial charge in [0.2, 0.25) is 5.91 Å². The van der Waals surface area contributed by atoms with E-state index in [-0.39, 0.29) is 11.4 Å². The van der Waals surface area contributed by atoms with Gasteiger partial charge in [0.25, 0.3) is 0 Å². The highest BCUT2D eigenvalue weighted by atomic mass is 35.5. The molecule has 1 unspecified atom stereocenters. The number of nitrogens with zero attached hydrogens (tertiary/aromatic N) is 3. The molecule has 0 saturated carbocycles. The minimum atomic E-state index is -1.23. The van der Waals surface area contributed by atoms with Crippen molar-refractivity contribution in [3.63, 3.8) is 0 Å². The molecule has 110 valence electrons. The third-order valence-electron chi connectivity index (χ3n) is 3.03. The molecule has 0 radical (unpaired) electrons. The molecule has 0 spiro atoms. The van der Waals surface area contributed by atoms with E-state index in [1.165, 1.54) is 4.68 Å². The summed E-state index contributed by atoms with van der Waals surface area (Å²) in [6.45, 7) is 1.75. The molecule has 1 heterocycles. The molecule has 0 saturated heterocycles. The topological polar surface area (TPSA) is 111 Å². The molecular weight excluding hydrogens is 296 g/mol. The second-order valence-electron chi connectivity index (χ2n) is 4.37. The molecule has 1 aromatic carbocycles. The Morgan fingerprint density at radius 2 is 2.00 bits per heavy atom. The van der Waals surface area contributed by atoms with Crippen LogP contribution in [0, 0.1) is 0 Å². The number of halogens is 1. The molecule has 0 aliphatic heterocycles. The van der Waals surface area contributed by atoms with Gasteiger partial charge in [-0.1, -0.05) is 35.9 Å². The highest BCUT2D eigenvalue weighted by Crippen LogP contribution is 2.27. The molecular formula is C13H13ClN4O3. The summed E-state index contributed by atoms with van der Waals surface area (Å²) in [7, 11) is 0. The van der Waals surface area contributed by atoms with Crippen LogP contribution in [0.3, 0.4) is 0 Å². The van der Waals surface area contributed by atoms with Crippen molar-refractivity contribution in [2.75, 3.05) is 0 Å². The third kappa shape index (κ3) is 2.87. The van der Waals surface area contributed by atoms with Crippen molar-refractivity contribution in [2.24, 2.45) is 5.73 Å². The zero-order valence-electron chi connectivity index (χ0n) is 11.2. The number of nitrogens with two attached hydrogens (primary N) is 1. The van der Waals surface area contributed by atoms with E-state index in [1.54, 1.807) is 31.2 Å². The van der Waals surface area contributed by atoms with Crippen LogP contribution >= 0.6 is 11.6 Å². The zero-order valence-corrected chi connectivity index (χ0v) is 11.9. The van der Waals surface area contributed by atoms with Gasteiger partial charge in [-0.3, -0.25) is 4.79 Å². The van der Waals surface area contributed by atoms with Crippen LogP contribution < -0.4 is 5.73 Å². The molecule has 2 aromatic rings. The van der Waals surface area contributed by atoms with Gasteiger partial charge in [0.05, 0.1) is 0 Å². The Morgan fingerprint density at radius 3 is 2.48 bits per heavy atom. The molecule has 21 heavy (non-hydrogen) atoms. The second-order valence-corrected chi connectivity index (χ2v) is 4.81. The summed E-state index contributed by atoms with van der Waals surface area (Å²) in [5, 5.41) is 17.2. The summed E-state index contributed by atoms with van der Waals surface area (Å²) in [4.78, 5) is 22.8. The molecule has 0 aliphatic rings. The standard InChI is InChI=1S/C13H13ClN4O3/c1-2-9(12(15)19)18-11(10(13(20)21)16-17-18)7-3-5-8(14)6-4-7/h3-6,9H,2H2,1H3,(H2,15,19)(H,20,21). The van der Waals surface area contributed by atoms with Crippen LogP contribution in [0.1, 0.15) is 29.9 Å². The maximum absolute atomic E-state index is 11.5. The van der Waals surface area contributed by atoms with E-state index in [0.29, 0.717) is 17.0 Å². The first-order valence-electron chi connectivity index (χ1n) is 6.19. The van der Waals surface area contributed by atoms with Gasteiger partial charge in [0, 0.05) is 10.6 Å². The minimum Gasteiger partial charge on any atom is -0.476 e. The molecule has 1 atom stereocenters. The van der Waals surface area contributed by atoms with Crippen molar-refractivity contribution in [1.82, 2.24) is 15.0 Å². The van der Waals surface area contributed by atoms with Crippen LogP contribution in [0.4, 0.5) is 0 Å². The lowest BCUT2D eigenvalue weighted by Gasteiger charge is -2.14. The Morgan fingerprint density at radius 1 is 1.38 bits per heavy atom. The lowest BCUT2D eigenvalue weighted by Crippen LogP contribution is -2.27. The average molecular weight is 309 g/mol. The van der Waals surface area contributed by atoms with Crippen molar-refractivity contribution in [1.29, 1.82) is 0 Å². The van der Waals surface area contributed by atoms with Crippen LogP contribution in [-0.2, 0) is 4.79 Å². The molecule has 0 fully saturated rings. The molecule has 0 bridgehead atoms. The number of primary amides is 1. The molecule has 1 aromatic heterocycles. The highest BCUT2D eigenvalue weighted by molar-refractivity contribution is 6.30. The van der Waals surface area contributed by atoms with E-state index in [9.17, 15) is 14.7 Å². The number of carboxylic acid groups (broad SMARTS) is 1. The summed E-state index contributed by atoms with van der Waals surface area (Å²) in [6, 6.07) is 5.74. The highest BCUT2D eigenvalue weighted by Gasteiger charge is 2.26. The van der Waals surface area contributed by atoms with Crippen LogP contribution in [0.25, 0.3) is 11.3 Å². The fourth-order valence-corrected chi connectivity index (χ4v) is 2.15. The van der Waals surface area contributed by atoms with Gasteiger partial charge in [0.1, 0.15) is 11.7 Å². The number of aromatic nitrogens is 3. The van der Waals surface area contributed by atoms with Crippen molar-refractivity contribution in [3.05, 3.63) is 35.0 Å². The van der Waals surface area contributed by atoms with Gasteiger partial charge in [-0.05, 0) is 18.6 Å². The van der Waals surface area contributed by atoms with Gasteiger partial charge in [0.15, 0.2) is 5.69 Å². The van der Waals surface area contributed by atoms with E-state index in [2.05, 4.69) is 10.3 Å². The Balaban J connectivity index is 2.65. The number of hydrogen-bond acceptors (Lipinski definition) is 4. The van der Waals surface area contributed by atoms with E-state index < -0.39 is 17.9 Å². The number of carbonyl (C=O) groups excluding carboxylic acids is 1. The van der Waals surface area contributed by atoms with Crippen molar-refractivity contribution in [3.8, 4) is 11.3 Å². The summed E-state index contributed by atoms with van der Waals surface area (Å²) < 4.78 is 1.25. The summed E-state index contributed by atoms with van der Waals surface area (Å²) in [5.74, 6) is -1.83. The van der Waals surface area contributed by atoms with Crippen molar-refractivity contribution >= 4 is 23.5 Å². The Labute approximate surface area is 125 Å². The van der Waals surface area contributed by atoms with E-state index >= 15 is 0 Å². The largest absolute Gasteiger partial charge is 0.476 e. The lowest BCUT2D eigenvalue weighted by atomic mass is 10.1. The minimum absolute atomic E-state index is 0.227. The van der Waals surface area contributed by atoms with Gasteiger partial charge in [-0.15, -0.1) is 5.10 Å². The number of aromatic carboxylic acids is 1. The first kappa shape index (κ1) is 15.0. The van der Waals surface area contributed by atoms with E-state index in [1.807, 2.05) is 0 Å². The SMILES string of the molecule is CCC(C(N)=O)n1nnc(C(=O)O)c1-c1ccc(Cl)cc1. The number of carboxylic acids is 1. The van der Waals surface area contributed by atoms with Gasteiger partial charge < -0.3 is 10.8 Å². The normalized spacial score (nSPS) is 12.1. The Hall–Kier alpha value is -2.41. The number of amides is 1. The molecule has 3 N–H and O–H groups in total. The molecule has 7 nitrogen and oxygen atoms in total. The summed E-state index contributed by atoms with van der Waals surface area (Å²) in [6.07, 6.45) is 0.373. The predicted molar refractivity (Wildman–Crippen MR) is 75.9 cm³/mol. The quantitative estimate of drug-likeness (QED) is 0.873. The maximum Gasteiger partial charge on any atom is 0.358 e. The van der Waals surface area contributed by atoms with Crippen molar-refractivity contribution < 1.29 is 14.7 Å². The van der Waals surface area contributed by atoms with Crippen LogP contribution in [0.2, 0.25) is 5.02 Å². The smallest absolute Gasteiger partial charge is 0.358 e. The summed E-state index contributed by atoms with van der Waals surface area (Å²) in [5.41, 5.74) is 5.87. The first-order valence-corrected chi connectivity index (χ1v) is 6.57. The predicted octanol–water partition coefficient (Wildman–Crippen LogP) is 1.73. The molecule has 1 amide bonds. The molecule has 0 aliphatic carbocycles. The average Bonchev–Trinajstić information content (AvgIpc) is 2.85. The third-order valence-corrected chi connectivity index (χ3v) is 3.28. The van der Waals surface area contributed by atoms with Gasteiger partial charge >= 0.3 is 5.97 Å². The van der Waals surface area contributed by atoms with E-state index in [0.717, 1.165) is 0 Å². The maximum atomic E-state index is 11.5. The van der Waals surface area contributed by atoms with Gasteiger partial charge in [-0.25, -0.2) is 9.48 Å². The number of benzene rings is 1. The van der Waals surface area contributed by atoms with Crippen LogP contribution in [0.5, 0.6) is 0 Å². The number of hydrogen-bond donors (Lipinski definition) is 2. The van der Waals surface area contributed by atoms with Gasteiger partial charge in [-0.2, -0.15) is 0 Å². The fraction of sp³-hybridized carbons (Fsp3) is 0.231. The zero-order chi connectivity index (χ0) is 15.6. The second kappa shape index (κ2) is 5.92. The molecule has 8 heteroatoms. The van der Waals surface area contributed by atoms with Crippen LogP contribution in [0.15, 0.2) is 24.3 Å². The van der Waals surface area contributed by atoms with E-state index in [4.69, 9.17) is 17.3 Å². The monoisotopic (exact) mass is 308 g/mol. The Kier molecular flexibility index (Phi) is 4.23. The van der Waals surface area contributed by atoms with Crippen LogP contribution in [-0.4, -0.2) is 32.0 Å². The number of carbonyl (C=O) groups is 2. The lowest BCUT2D eigenvalue weighted by molar-refractivity contribution is -0.121. The number of rotatable bonds is 5.